The first-order chi connectivity index (χ1) is 10.0. The third kappa shape index (κ3) is 3.92. The van der Waals surface area contributed by atoms with Crippen LogP contribution in [0, 0.1) is 26.6 Å². The summed E-state index contributed by atoms with van der Waals surface area (Å²) >= 11 is 0. The first kappa shape index (κ1) is 15.7. The second kappa shape index (κ2) is 6.86. The molecule has 0 amide bonds. The van der Waals surface area contributed by atoms with Crippen molar-refractivity contribution < 1.29 is 4.39 Å². The maximum Gasteiger partial charge on any atom is 0.128 e. The van der Waals surface area contributed by atoms with Crippen molar-refractivity contribution in [1.29, 1.82) is 0 Å². The van der Waals surface area contributed by atoms with E-state index < -0.39 is 0 Å². The summed E-state index contributed by atoms with van der Waals surface area (Å²) in [6.07, 6.45) is 1.02. The summed E-state index contributed by atoms with van der Waals surface area (Å²) in [5.41, 5.74) is 5.36. The number of hydrogen-bond donors (Lipinski definition) is 1. The Morgan fingerprint density at radius 3 is 2.24 bits per heavy atom. The molecular weight excluding hydrogens is 261 g/mol. The zero-order valence-electron chi connectivity index (χ0n) is 13.3. The fourth-order valence-corrected chi connectivity index (χ4v) is 2.76. The SMILES string of the molecule is CCCNC(c1cc(C)cc(C)c1)c1cc(C)ccc1F. The molecule has 0 saturated carbocycles. The van der Waals surface area contributed by atoms with Gasteiger partial charge in [0.1, 0.15) is 5.82 Å². The highest BCUT2D eigenvalue weighted by atomic mass is 19.1. The van der Waals surface area contributed by atoms with Crippen LogP contribution in [0.3, 0.4) is 0 Å². The zero-order chi connectivity index (χ0) is 15.4. The highest BCUT2D eigenvalue weighted by Crippen LogP contribution is 2.27. The van der Waals surface area contributed by atoms with Crippen molar-refractivity contribution in [1.82, 2.24) is 5.32 Å². The molecule has 0 fully saturated rings. The molecule has 0 aliphatic rings. The number of hydrogen-bond acceptors (Lipinski definition) is 1. The molecule has 0 spiro atoms. The third-order valence-electron chi connectivity index (χ3n) is 3.64. The molecule has 21 heavy (non-hydrogen) atoms. The molecule has 1 unspecified atom stereocenters. The van der Waals surface area contributed by atoms with Gasteiger partial charge in [0.05, 0.1) is 6.04 Å². The van der Waals surface area contributed by atoms with Gasteiger partial charge in [0, 0.05) is 5.56 Å². The maximum atomic E-state index is 14.3. The first-order valence-electron chi connectivity index (χ1n) is 7.59. The minimum Gasteiger partial charge on any atom is -0.306 e. The van der Waals surface area contributed by atoms with E-state index in [0.717, 1.165) is 29.7 Å². The number of rotatable bonds is 5. The summed E-state index contributed by atoms with van der Waals surface area (Å²) in [5, 5.41) is 3.48. The quantitative estimate of drug-likeness (QED) is 0.829. The number of nitrogens with one attached hydrogen (secondary N) is 1. The van der Waals surface area contributed by atoms with Crippen LogP contribution in [0.15, 0.2) is 36.4 Å². The minimum atomic E-state index is -0.145. The van der Waals surface area contributed by atoms with Crippen molar-refractivity contribution >= 4 is 0 Å². The lowest BCUT2D eigenvalue weighted by Crippen LogP contribution is -2.24. The van der Waals surface area contributed by atoms with Gasteiger partial charge >= 0.3 is 0 Å². The van der Waals surface area contributed by atoms with Gasteiger partial charge in [0.25, 0.3) is 0 Å². The van der Waals surface area contributed by atoms with E-state index in [-0.39, 0.29) is 11.9 Å². The third-order valence-corrected chi connectivity index (χ3v) is 3.64. The van der Waals surface area contributed by atoms with Gasteiger partial charge in [-0.25, -0.2) is 4.39 Å². The van der Waals surface area contributed by atoms with Crippen molar-refractivity contribution in [3.8, 4) is 0 Å². The molecule has 0 aromatic heterocycles. The predicted molar refractivity (Wildman–Crippen MR) is 87.2 cm³/mol. The fourth-order valence-electron chi connectivity index (χ4n) is 2.76. The van der Waals surface area contributed by atoms with E-state index >= 15 is 0 Å². The molecule has 2 aromatic carbocycles. The summed E-state index contributed by atoms with van der Waals surface area (Å²) in [6, 6.07) is 11.7. The normalized spacial score (nSPS) is 12.4. The van der Waals surface area contributed by atoms with E-state index in [1.807, 2.05) is 19.1 Å². The molecular formula is C19H24FN. The van der Waals surface area contributed by atoms with E-state index in [9.17, 15) is 4.39 Å². The van der Waals surface area contributed by atoms with Crippen LogP contribution in [-0.4, -0.2) is 6.54 Å². The average molecular weight is 285 g/mol. The van der Waals surface area contributed by atoms with Crippen LogP contribution in [0.4, 0.5) is 4.39 Å². The van der Waals surface area contributed by atoms with Crippen LogP contribution in [-0.2, 0) is 0 Å². The van der Waals surface area contributed by atoms with Gasteiger partial charge in [-0.05, 0) is 45.4 Å². The molecule has 0 saturated heterocycles. The predicted octanol–water partition coefficient (Wildman–Crippen LogP) is 4.84. The second-order valence-corrected chi connectivity index (χ2v) is 5.83. The highest BCUT2D eigenvalue weighted by Gasteiger charge is 2.18. The van der Waals surface area contributed by atoms with Crippen LogP contribution in [0.5, 0.6) is 0 Å². The lowest BCUT2D eigenvalue weighted by atomic mass is 9.94. The molecule has 1 nitrogen and oxygen atoms in total. The van der Waals surface area contributed by atoms with Crippen molar-refractivity contribution in [3.05, 3.63) is 70.0 Å². The minimum absolute atomic E-state index is 0.0940. The molecule has 2 heteroatoms. The first-order valence-corrected chi connectivity index (χ1v) is 7.59. The summed E-state index contributed by atoms with van der Waals surface area (Å²) in [6.45, 7) is 9.16. The Balaban J connectivity index is 2.49. The van der Waals surface area contributed by atoms with E-state index in [4.69, 9.17) is 0 Å². The number of benzene rings is 2. The Bertz CT molecular complexity index is 599. The molecule has 2 rings (SSSR count). The molecule has 0 aliphatic heterocycles. The van der Waals surface area contributed by atoms with Crippen molar-refractivity contribution in [2.75, 3.05) is 6.54 Å². The Morgan fingerprint density at radius 2 is 1.62 bits per heavy atom. The highest BCUT2D eigenvalue weighted by molar-refractivity contribution is 5.38. The summed E-state index contributed by atoms with van der Waals surface area (Å²) in [7, 11) is 0. The summed E-state index contributed by atoms with van der Waals surface area (Å²) < 4.78 is 14.3. The molecule has 112 valence electrons. The molecule has 0 aliphatic carbocycles. The molecule has 1 atom stereocenters. The van der Waals surface area contributed by atoms with Crippen molar-refractivity contribution in [2.24, 2.45) is 0 Å². The van der Waals surface area contributed by atoms with E-state index in [2.05, 4.69) is 44.3 Å². The smallest absolute Gasteiger partial charge is 0.128 e. The van der Waals surface area contributed by atoms with Gasteiger partial charge in [0.15, 0.2) is 0 Å². The van der Waals surface area contributed by atoms with Crippen LogP contribution < -0.4 is 5.32 Å². The second-order valence-electron chi connectivity index (χ2n) is 5.83. The van der Waals surface area contributed by atoms with Crippen LogP contribution in [0.1, 0.15) is 47.2 Å². The van der Waals surface area contributed by atoms with Gasteiger partial charge in [0.2, 0.25) is 0 Å². The topological polar surface area (TPSA) is 12.0 Å². The molecule has 1 N–H and O–H groups in total. The van der Waals surface area contributed by atoms with E-state index in [0.29, 0.717) is 0 Å². The Labute approximate surface area is 127 Å². The Kier molecular flexibility index (Phi) is 5.13. The van der Waals surface area contributed by atoms with Gasteiger partial charge < -0.3 is 5.32 Å². The fraction of sp³-hybridized carbons (Fsp3) is 0.368. The Morgan fingerprint density at radius 1 is 0.952 bits per heavy atom. The van der Waals surface area contributed by atoms with Gasteiger partial charge in [-0.2, -0.15) is 0 Å². The van der Waals surface area contributed by atoms with Crippen LogP contribution >= 0.6 is 0 Å². The standard InChI is InChI=1S/C19H24FN/c1-5-8-21-19(16-10-14(3)9-15(4)11-16)17-12-13(2)6-7-18(17)20/h6-7,9-12,19,21H,5,8H2,1-4H3. The number of halogens is 1. The van der Waals surface area contributed by atoms with E-state index in [1.54, 1.807) is 6.07 Å². The van der Waals surface area contributed by atoms with Gasteiger partial charge in [-0.1, -0.05) is 53.9 Å². The molecule has 0 radical (unpaired) electrons. The monoisotopic (exact) mass is 285 g/mol. The average Bonchev–Trinajstić information content (AvgIpc) is 2.42. The lowest BCUT2D eigenvalue weighted by molar-refractivity contribution is 0.546. The molecule has 0 heterocycles. The summed E-state index contributed by atoms with van der Waals surface area (Å²) in [4.78, 5) is 0. The van der Waals surface area contributed by atoms with Crippen molar-refractivity contribution in [3.63, 3.8) is 0 Å². The van der Waals surface area contributed by atoms with Gasteiger partial charge in [-0.15, -0.1) is 0 Å². The van der Waals surface area contributed by atoms with Crippen LogP contribution in [0.2, 0.25) is 0 Å². The zero-order valence-corrected chi connectivity index (χ0v) is 13.3. The molecule has 2 aromatic rings. The molecule has 0 bridgehead atoms. The van der Waals surface area contributed by atoms with Crippen LogP contribution in [0.25, 0.3) is 0 Å². The lowest BCUT2D eigenvalue weighted by Gasteiger charge is -2.21. The Hall–Kier alpha value is -1.67. The van der Waals surface area contributed by atoms with Gasteiger partial charge in [-0.3, -0.25) is 0 Å². The van der Waals surface area contributed by atoms with Crippen molar-refractivity contribution in [2.45, 2.75) is 40.2 Å². The maximum absolute atomic E-state index is 14.3. The number of aryl methyl sites for hydroxylation is 3. The largest absolute Gasteiger partial charge is 0.306 e. The summed E-state index contributed by atoms with van der Waals surface area (Å²) in [5.74, 6) is -0.145. The van der Waals surface area contributed by atoms with E-state index in [1.165, 1.54) is 11.1 Å².